The number of aromatic nitrogens is 1. The van der Waals surface area contributed by atoms with E-state index in [1.807, 2.05) is 17.7 Å². The summed E-state index contributed by atoms with van der Waals surface area (Å²) in [5.41, 5.74) is 2.82. The smallest absolute Gasteiger partial charge is 0.283 e. The van der Waals surface area contributed by atoms with E-state index in [1.54, 1.807) is 0 Å². The average Bonchev–Trinajstić information content (AvgIpc) is 2.35. The van der Waals surface area contributed by atoms with Crippen LogP contribution >= 0.6 is 11.3 Å². The first-order valence-corrected chi connectivity index (χ1v) is 3.80. The Hall–Kier alpha value is -1.14. The van der Waals surface area contributed by atoms with Gasteiger partial charge in [-0.05, 0) is 6.92 Å². The third-order valence-electron chi connectivity index (χ3n) is 0.971. The molecule has 0 bridgehead atoms. The van der Waals surface area contributed by atoms with Crippen molar-refractivity contribution >= 4 is 22.5 Å². The molecule has 0 saturated carbocycles. The van der Waals surface area contributed by atoms with Crippen molar-refractivity contribution in [3.8, 4) is 0 Å². The van der Waals surface area contributed by atoms with Crippen LogP contribution in [0, 0.1) is 6.92 Å². The number of carbonyl (C=O) groups excluding carboxylic acids is 1. The maximum absolute atomic E-state index is 10.6. The first-order valence-electron chi connectivity index (χ1n) is 2.92. The molecule has 0 fully saturated rings. The zero-order chi connectivity index (χ0) is 8.27. The van der Waals surface area contributed by atoms with Crippen LogP contribution in [0.4, 0.5) is 9.93 Å². The molecule has 0 radical (unpaired) electrons. The highest BCUT2D eigenvalue weighted by molar-refractivity contribution is 7.13. The number of nitrogens with two attached hydrogens (primary N) is 1. The lowest BCUT2D eigenvalue weighted by atomic mass is 10.6. The molecule has 2 amide bonds. The molecule has 5 nitrogen and oxygen atoms in total. The highest BCUT2D eigenvalue weighted by atomic mass is 32.1. The van der Waals surface area contributed by atoms with Crippen molar-refractivity contribution in [2.45, 2.75) is 6.92 Å². The minimum atomic E-state index is -0.459. The number of rotatable bonds is 1. The second-order valence-electron chi connectivity index (χ2n) is 1.89. The molecule has 6 heteroatoms. The summed E-state index contributed by atoms with van der Waals surface area (Å²) in [6.45, 7) is 1.85. The van der Waals surface area contributed by atoms with E-state index >= 15 is 0 Å². The molecule has 60 valence electrons. The zero-order valence-corrected chi connectivity index (χ0v) is 6.73. The third kappa shape index (κ3) is 2.17. The van der Waals surface area contributed by atoms with Gasteiger partial charge >= 0.3 is 6.03 Å². The van der Waals surface area contributed by atoms with Crippen LogP contribution in [0.2, 0.25) is 0 Å². The lowest BCUT2D eigenvalue weighted by Crippen LogP contribution is -2.34. The Morgan fingerprint density at radius 1 is 1.82 bits per heavy atom. The molecule has 1 rings (SSSR count). The molecular weight excluding hydrogens is 164 g/mol. The minimum Gasteiger partial charge on any atom is -0.283 e. The molecule has 0 saturated heterocycles. The summed E-state index contributed by atoms with van der Waals surface area (Å²) in [5, 5.41) is 4.83. The summed E-state index contributed by atoms with van der Waals surface area (Å²) < 4.78 is 0. The Morgan fingerprint density at radius 3 is 3.00 bits per heavy atom. The Morgan fingerprint density at radius 2 is 2.55 bits per heavy atom. The number of aryl methyl sites for hydroxylation is 1. The van der Waals surface area contributed by atoms with E-state index < -0.39 is 6.03 Å². The highest BCUT2D eigenvalue weighted by Crippen LogP contribution is 2.13. The van der Waals surface area contributed by atoms with Crippen LogP contribution < -0.4 is 16.6 Å². The molecule has 1 aromatic heterocycles. The van der Waals surface area contributed by atoms with Gasteiger partial charge in [-0.1, -0.05) is 0 Å². The van der Waals surface area contributed by atoms with Gasteiger partial charge in [-0.25, -0.2) is 15.6 Å². The van der Waals surface area contributed by atoms with Crippen LogP contribution in [0.15, 0.2) is 5.38 Å². The molecule has 0 aliphatic heterocycles. The Kier molecular flexibility index (Phi) is 2.40. The average molecular weight is 172 g/mol. The van der Waals surface area contributed by atoms with Gasteiger partial charge in [0, 0.05) is 5.38 Å². The zero-order valence-electron chi connectivity index (χ0n) is 5.92. The summed E-state index contributed by atoms with van der Waals surface area (Å²) in [7, 11) is 0. The molecule has 0 spiro atoms. The van der Waals surface area contributed by atoms with Crippen molar-refractivity contribution in [3.63, 3.8) is 0 Å². The number of hydrogen-bond acceptors (Lipinski definition) is 4. The first-order chi connectivity index (χ1) is 5.22. The van der Waals surface area contributed by atoms with Crippen molar-refractivity contribution in [1.82, 2.24) is 10.4 Å². The number of anilines is 1. The van der Waals surface area contributed by atoms with Crippen molar-refractivity contribution in [2.75, 3.05) is 5.32 Å². The normalized spacial score (nSPS) is 9.27. The SMILES string of the molecule is Cc1csc(NC(=O)NN)n1. The first kappa shape index (κ1) is 7.96. The molecule has 0 atom stereocenters. The molecule has 0 aliphatic rings. The number of nitrogens with zero attached hydrogens (tertiary/aromatic N) is 1. The van der Waals surface area contributed by atoms with Crippen LogP contribution in [0.3, 0.4) is 0 Å². The number of nitrogens with one attached hydrogen (secondary N) is 2. The Balaban J connectivity index is 2.57. The van der Waals surface area contributed by atoms with Crippen LogP contribution in [0.5, 0.6) is 0 Å². The van der Waals surface area contributed by atoms with Gasteiger partial charge in [0.25, 0.3) is 0 Å². The Bertz CT molecular complexity index is 259. The Labute approximate surface area is 67.6 Å². The van der Waals surface area contributed by atoms with Crippen molar-refractivity contribution < 1.29 is 4.79 Å². The lowest BCUT2D eigenvalue weighted by Gasteiger charge is -1.97. The predicted molar refractivity (Wildman–Crippen MR) is 43.2 cm³/mol. The van der Waals surface area contributed by atoms with Gasteiger partial charge in [0.2, 0.25) is 0 Å². The van der Waals surface area contributed by atoms with E-state index in [4.69, 9.17) is 5.84 Å². The largest absolute Gasteiger partial charge is 0.335 e. The van der Waals surface area contributed by atoms with Crippen molar-refractivity contribution in [2.24, 2.45) is 5.84 Å². The van der Waals surface area contributed by atoms with Gasteiger partial charge in [0.15, 0.2) is 5.13 Å². The highest BCUT2D eigenvalue weighted by Gasteiger charge is 2.01. The number of amides is 2. The minimum absolute atomic E-state index is 0.459. The fraction of sp³-hybridized carbons (Fsp3) is 0.200. The number of hydrogen-bond donors (Lipinski definition) is 3. The van der Waals surface area contributed by atoms with E-state index in [9.17, 15) is 4.79 Å². The number of hydrazine groups is 1. The molecule has 11 heavy (non-hydrogen) atoms. The summed E-state index contributed by atoms with van der Waals surface area (Å²) in [5.74, 6) is 4.84. The third-order valence-corrected chi connectivity index (χ3v) is 1.85. The molecule has 1 heterocycles. The summed E-state index contributed by atoms with van der Waals surface area (Å²) in [6, 6.07) is -0.459. The van der Waals surface area contributed by atoms with Gasteiger partial charge in [-0.2, -0.15) is 0 Å². The fourth-order valence-corrected chi connectivity index (χ4v) is 1.23. The molecule has 0 aliphatic carbocycles. The summed E-state index contributed by atoms with van der Waals surface area (Å²) >= 11 is 1.35. The molecule has 0 unspecified atom stereocenters. The molecular formula is C5H8N4OS. The molecule has 4 N–H and O–H groups in total. The van der Waals surface area contributed by atoms with Crippen LogP contribution in [0.25, 0.3) is 0 Å². The van der Waals surface area contributed by atoms with E-state index in [2.05, 4.69) is 10.3 Å². The summed E-state index contributed by atoms with van der Waals surface area (Å²) in [4.78, 5) is 14.6. The maximum atomic E-state index is 10.6. The number of urea groups is 1. The van der Waals surface area contributed by atoms with Crippen molar-refractivity contribution in [3.05, 3.63) is 11.1 Å². The van der Waals surface area contributed by atoms with Gasteiger partial charge in [-0.15, -0.1) is 11.3 Å². The lowest BCUT2D eigenvalue weighted by molar-refractivity contribution is 0.252. The summed E-state index contributed by atoms with van der Waals surface area (Å²) in [6.07, 6.45) is 0. The van der Waals surface area contributed by atoms with Gasteiger partial charge in [0.1, 0.15) is 0 Å². The van der Waals surface area contributed by atoms with Crippen LogP contribution in [-0.2, 0) is 0 Å². The predicted octanol–water partition coefficient (Wildman–Crippen LogP) is 0.447. The molecule has 1 aromatic rings. The van der Waals surface area contributed by atoms with E-state index in [0.717, 1.165) is 5.69 Å². The van der Waals surface area contributed by atoms with E-state index in [-0.39, 0.29) is 0 Å². The topological polar surface area (TPSA) is 80.0 Å². The number of thiazole rings is 1. The van der Waals surface area contributed by atoms with E-state index in [1.165, 1.54) is 11.3 Å². The quantitative estimate of drug-likeness (QED) is 0.327. The monoisotopic (exact) mass is 172 g/mol. The second-order valence-corrected chi connectivity index (χ2v) is 2.75. The van der Waals surface area contributed by atoms with Crippen LogP contribution in [0.1, 0.15) is 5.69 Å². The maximum Gasteiger partial charge on any atom is 0.335 e. The standard InChI is InChI=1S/C5H8N4OS/c1-3-2-11-5(7-3)8-4(10)9-6/h2H,6H2,1H3,(H2,7,8,9,10). The van der Waals surface area contributed by atoms with Gasteiger partial charge in [-0.3, -0.25) is 10.7 Å². The second kappa shape index (κ2) is 3.31. The van der Waals surface area contributed by atoms with E-state index in [0.29, 0.717) is 5.13 Å². The van der Waals surface area contributed by atoms with Crippen LogP contribution in [-0.4, -0.2) is 11.0 Å². The molecule has 0 aromatic carbocycles. The van der Waals surface area contributed by atoms with Gasteiger partial charge < -0.3 is 0 Å². The fourth-order valence-electron chi connectivity index (χ4n) is 0.545. The number of carbonyl (C=O) groups is 1. The van der Waals surface area contributed by atoms with Crippen molar-refractivity contribution in [1.29, 1.82) is 0 Å². The van der Waals surface area contributed by atoms with Gasteiger partial charge in [0.05, 0.1) is 5.69 Å².